The minimum atomic E-state index is -0.252. The van der Waals surface area contributed by atoms with Crippen LogP contribution in [0.3, 0.4) is 0 Å². The number of para-hydroxylation sites is 1. The van der Waals surface area contributed by atoms with E-state index >= 15 is 0 Å². The Balaban J connectivity index is 1.32. The van der Waals surface area contributed by atoms with Crippen molar-refractivity contribution in [2.24, 2.45) is 0 Å². The zero-order valence-electron chi connectivity index (χ0n) is 29.0. The van der Waals surface area contributed by atoms with Gasteiger partial charge in [-0.2, -0.15) is 0 Å². The average molecular weight is 588 g/mol. The Morgan fingerprint density at radius 2 is 1.20 bits per heavy atom. The van der Waals surface area contributed by atoms with Gasteiger partial charge in [-0.15, -0.1) is 11.3 Å². The molecule has 0 spiro atoms. The first-order chi connectivity index (χ1) is 24.3. The molecule has 0 fully saturated rings. The fraction of sp³-hybridized carbons (Fsp3) is 0. The van der Waals surface area contributed by atoms with Gasteiger partial charge in [-0.3, -0.25) is 0 Å². The molecule has 0 radical (unpaired) electrons. The first kappa shape index (κ1) is 19.5. The van der Waals surface area contributed by atoms with Gasteiger partial charge in [-0.05, 0) is 41.4 Å². The van der Waals surface area contributed by atoms with E-state index in [0.717, 1.165) is 27.7 Å². The predicted octanol–water partition coefficient (Wildman–Crippen LogP) is 10.8. The molecule has 3 aromatic heterocycles. The van der Waals surface area contributed by atoms with Crippen LogP contribution in [0.1, 0.15) is 8.22 Å². The van der Waals surface area contributed by atoms with E-state index in [1.54, 1.807) is 0 Å². The molecule has 44 heavy (non-hydrogen) atoms. The van der Waals surface area contributed by atoms with E-state index in [1.165, 1.54) is 0 Å². The largest absolute Gasteiger partial charge is 0.456 e. The van der Waals surface area contributed by atoms with E-state index in [2.05, 4.69) is 0 Å². The highest BCUT2D eigenvalue weighted by Crippen LogP contribution is 2.41. The van der Waals surface area contributed by atoms with Crippen molar-refractivity contribution in [2.75, 3.05) is 0 Å². The van der Waals surface area contributed by atoms with Gasteiger partial charge in [0.05, 0.1) is 8.22 Å². The lowest BCUT2D eigenvalue weighted by molar-refractivity contribution is 0.669. The lowest BCUT2D eigenvalue weighted by Crippen LogP contribution is -2.00. The Labute approximate surface area is 265 Å². The second-order valence-electron chi connectivity index (χ2n) is 10.4. The number of hydrogen-bond donors (Lipinski definition) is 0. The standard InChI is InChI=1S/C39H23N3OS/c1-3-10-24(11-4-1)28-15-9-17-34-36(28)31-21-19-27(23-35(31)44-34)39-41-37(25-12-5-2-6-13-25)40-38(42-39)26-18-20-30-29-14-7-8-16-32(29)43-33(30)22-26/h1-23H/i9D,15D,17D,19D,21D,23D. The predicted molar refractivity (Wildman–Crippen MR) is 182 cm³/mol. The van der Waals surface area contributed by atoms with Crippen LogP contribution in [0, 0.1) is 0 Å². The topological polar surface area (TPSA) is 51.8 Å². The van der Waals surface area contributed by atoms with Gasteiger partial charge in [0.15, 0.2) is 17.5 Å². The molecular formula is C39H23N3OS. The van der Waals surface area contributed by atoms with Crippen LogP contribution < -0.4 is 0 Å². The van der Waals surface area contributed by atoms with Gasteiger partial charge in [-0.25, -0.2) is 15.0 Å². The summed E-state index contributed by atoms with van der Waals surface area (Å²) in [5.41, 5.74) is 3.92. The second-order valence-corrected chi connectivity index (χ2v) is 11.4. The van der Waals surface area contributed by atoms with E-state index in [4.69, 9.17) is 23.5 Å². The van der Waals surface area contributed by atoms with Crippen LogP contribution in [0.2, 0.25) is 0 Å². The molecule has 0 aliphatic rings. The minimum Gasteiger partial charge on any atom is -0.456 e. The summed E-state index contributed by atoms with van der Waals surface area (Å²) < 4.78 is 61.1. The summed E-state index contributed by atoms with van der Waals surface area (Å²) in [7, 11) is 0. The Morgan fingerprint density at radius 3 is 2.02 bits per heavy atom. The van der Waals surface area contributed by atoms with Crippen molar-refractivity contribution in [1.82, 2.24) is 15.0 Å². The van der Waals surface area contributed by atoms with E-state index in [9.17, 15) is 4.11 Å². The van der Waals surface area contributed by atoms with Crippen molar-refractivity contribution in [1.29, 1.82) is 0 Å². The Hall–Kier alpha value is -5.65. The van der Waals surface area contributed by atoms with Crippen LogP contribution in [0.4, 0.5) is 0 Å². The molecule has 0 saturated heterocycles. The second kappa shape index (κ2) is 9.97. The molecule has 0 aliphatic heterocycles. The quantitative estimate of drug-likeness (QED) is 0.205. The van der Waals surface area contributed by atoms with E-state index in [0.29, 0.717) is 59.7 Å². The summed E-state index contributed by atoms with van der Waals surface area (Å²) in [6, 6.07) is 31.1. The van der Waals surface area contributed by atoms with Crippen LogP contribution in [0.15, 0.2) is 144 Å². The molecule has 0 aliphatic carbocycles. The summed E-state index contributed by atoms with van der Waals surface area (Å²) in [5, 5.41) is 2.68. The first-order valence-electron chi connectivity index (χ1n) is 17.0. The Bertz CT molecular complexity index is 2840. The highest BCUT2D eigenvalue weighted by molar-refractivity contribution is 7.26. The van der Waals surface area contributed by atoms with Crippen LogP contribution >= 0.6 is 11.3 Å². The molecule has 0 bridgehead atoms. The van der Waals surface area contributed by atoms with Crippen molar-refractivity contribution in [3.63, 3.8) is 0 Å². The molecule has 0 saturated carbocycles. The number of hydrogen-bond acceptors (Lipinski definition) is 5. The SMILES string of the molecule is [2H]c1c([2H])c(-c2ccccc2)c2c(sc3c([2H])c(-c4nc(-c5ccccc5)nc(-c5ccc6c(c5)oc5ccccc56)n4)c([2H])c([2H])c32)c1[2H]. The summed E-state index contributed by atoms with van der Waals surface area (Å²) >= 11 is 1.12. The maximum Gasteiger partial charge on any atom is 0.164 e. The fourth-order valence-corrected chi connectivity index (χ4v) is 6.60. The average Bonchev–Trinajstić information content (AvgIpc) is 3.73. The van der Waals surface area contributed by atoms with Gasteiger partial charge >= 0.3 is 0 Å². The fourth-order valence-electron chi connectivity index (χ4n) is 5.58. The third-order valence-electron chi connectivity index (χ3n) is 7.66. The van der Waals surface area contributed by atoms with Crippen LogP contribution in [-0.2, 0) is 0 Å². The number of fused-ring (bicyclic) bond motifs is 6. The summed E-state index contributed by atoms with van der Waals surface area (Å²) in [5.74, 6) is 0.725. The third kappa shape index (κ3) is 4.09. The maximum atomic E-state index is 9.46. The molecule has 0 unspecified atom stereocenters. The Morgan fingerprint density at radius 1 is 0.523 bits per heavy atom. The van der Waals surface area contributed by atoms with Crippen molar-refractivity contribution in [3.8, 4) is 45.3 Å². The van der Waals surface area contributed by atoms with Gasteiger partial charge in [0.2, 0.25) is 0 Å². The lowest BCUT2D eigenvalue weighted by Gasteiger charge is -2.09. The molecule has 0 atom stereocenters. The van der Waals surface area contributed by atoms with E-state index < -0.39 is 0 Å². The number of furan rings is 1. The van der Waals surface area contributed by atoms with Crippen LogP contribution in [-0.4, -0.2) is 15.0 Å². The first-order valence-corrected chi connectivity index (χ1v) is 14.9. The summed E-state index contributed by atoms with van der Waals surface area (Å²) in [4.78, 5) is 14.4. The maximum absolute atomic E-state index is 9.46. The smallest absolute Gasteiger partial charge is 0.164 e. The zero-order valence-corrected chi connectivity index (χ0v) is 23.8. The van der Waals surface area contributed by atoms with Crippen molar-refractivity contribution < 1.29 is 12.6 Å². The third-order valence-corrected chi connectivity index (χ3v) is 8.68. The molecule has 6 aromatic carbocycles. The van der Waals surface area contributed by atoms with Crippen LogP contribution in [0.25, 0.3) is 87.4 Å². The Kier molecular flexibility index (Phi) is 4.42. The van der Waals surface area contributed by atoms with Crippen molar-refractivity contribution >= 4 is 53.4 Å². The van der Waals surface area contributed by atoms with Gasteiger partial charge in [0.1, 0.15) is 11.2 Å². The minimum absolute atomic E-state index is 0.0599. The lowest BCUT2D eigenvalue weighted by atomic mass is 9.99. The normalized spacial score (nSPS) is 13.5. The molecule has 0 N–H and O–H groups in total. The van der Waals surface area contributed by atoms with Crippen molar-refractivity contribution in [2.45, 2.75) is 0 Å². The molecular weight excluding hydrogens is 559 g/mol. The van der Waals surface area contributed by atoms with Gasteiger partial charge in [-0.1, -0.05) is 109 Å². The van der Waals surface area contributed by atoms with Gasteiger partial charge in [0, 0.05) is 47.6 Å². The van der Waals surface area contributed by atoms with E-state index in [-0.39, 0.29) is 47.6 Å². The molecule has 4 nitrogen and oxygen atoms in total. The summed E-state index contributed by atoms with van der Waals surface area (Å²) in [6.45, 7) is 0. The molecule has 9 aromatic rings. The van der Waals surface area contributed by atoms with Gasteiger partial charge < -0.3 is 4.42 Å². The zero-order chi connectivity index (χ0) is 34.3. The highest BCUT2D eigenvalue weighted by atomic mass is 32.1. The van der Waals surface area contributed by atoms with E-state index in [1.807, 2.05) is 103 Å². The van der Waals surface area contributed by atoms with Crippen LogP contribution in [0.5, 0.6) is 0 Å². The molecule has 206 valence electrons. The molecule has 3 heterocycles. The highest BCUT2D eigenvalue weighted by Gasteiger charge is 2.16. The molecule has 0 amide bonds. The van der Waals surface area contributed by atoms with Crippen molar-refractivity contribution in [3.05, 3.63) is 139 Å². The number of benzene rings is 6. The number of aromatic nitrogens is 3. The molecule has 5 heteroatoms. The molecule has 9 rings (SSSR count). The number of thiophene rings is 1. The van der Waals surface area contributed by atoms with Gasteiger partial charge in [0.25, 0.3) is 0 Å². The number of rotatable bonds is 4. The monoisotopic (exact) mass is 587 g/mol. The number of nitrogens with zero attached hydrogens (tertiary/aromatic N) is 3. The summed E-state index contributed by atoms with van der Waals surface area (Å²) in [6.07, 6.45) is 0.